The van der Waals surface area contributed by atoms with Crippen LogP contribution < -0.4 is 9.46 Å². The molecule has 5 atom stereocenters. The number of methoxy groups -OCH3 is 1. The van der Waals surface area contributed by atoms with E-state index in [4.69, 9.17) is 4.74 Å². The van der Waals surface area contributed by atoms with Crippen LogP contribution in [0.25, 0.3) is 17.0 Å². The van der Waals surface area contributed by atoms with Gasteiger partial charge in [0, 0.05) is 24.2 Å². The predicted octanol–water partition coefficient (Wildman–Crippen LogP) is 5.03. The molecule has 0 radical (unpaired) electrons. The monoisotopic (exact) mass is 491 g/mol. The van der Waals surface area contributed by atoms with E-state index in [0.717, 1.165) is 53.7 Å². The van der Waals surface area contributed by atoms with Gasteiger partial charge in [0.15, 0.2) is 0 Å². The largest absolute Gasteiger partial charge is 0.497 e. The summed E-state index contributed by atoms with van der Waals surface area (Å²) in [6.45, 7) is 8.05. The van der Waals surface area contributed by atoms with Gasteiger partial charge in [0.1, 0.15) is 5.75 Å². The second kappa shape index (κ2) is 9.72. The Morgan fingerprint density at radius 2 is 2.03 bits per heavy atom. The van der Waals surface area contributed by atoms with Gasteiger partial charge in [-0.2, -0.15) is 0 Å². The number of nitrogens with zero attached hydrogens (tertiary/aromatic N) is 2. The minimum Gasteiger partial charge on any atom is -0.497 e. The van der Waals surface area contributed by atoms with Crippen LogP contribution in [-0.4, -0.2) is 44.5 Å². The lowest BCUT2D eigenvalue weighted by Gasteiger charge is -2.52. The van der Waals surface area contributed by atoms with Crippen molar-refractivity contribution >= 4 is 27.0 Å². The molecule has 0 amide bonds. The summed E-state index contributed by atoms with van der Waals surface area (Å²) in [5.74, 6) is 2.03. The molecule has 184 valence electrons. The molecule has 2 bridgehead atoms. The molecular formula is C28H33N3O3S. The van der Waals surface area contributed by atoms with Gasteiger partial charge in [-0.25, -0.2) is 13.1 Å². The Balaban J connectivity index is 1.59. The van der Waals surface area contributed by atoms with Crippen LogP contribution in [0.5, 0.6) is 5.75 Å². The molecule has 35 heavy (non-hydrogen) atoms. The Labute approximate surface area is 208 Å². The highest BCUT2D eigenvalue weighted by atomic mass is 32.2. The molecule has 3 aliphatic rings. The van der Waals surface area contributed by atoms with E-state index in [1.54, 1.807) is 43.6 Å². The van der Waals surface area contributed by atoms with Crippen LogP contribution in [0.1, 0.15) is 43.4 Å². The van der Waals surface area contributed by atoms with Crippen molar-refractivity contribution in [2.24, 2.45) is 11.8 Å². The Morgan fingerprint density at radius 3 is 2.69 bits per heavy atom. The minimum atomic E-state index is -3.76. The van der Waals surface area contributed by atoms with Crippen molar-refractivity contribution in [3.05, 3.63) is 72.4 Å². The Morgan fingerprint density at radius 1 is 1.23 bits per heavy atom. The molecule has 0 aliphatic carbocycles. The molecule has 4 heterocycles. The lowest BCUT2D eigenvalue weighted by atomic mass is 9.72. The van der Waals surface area contributed by atoms with Gasteiger partial charge < -0.3 is 4.74 Å². The third-order valence-electron chi connectivity index (χ3n) is 7.87. The highest BCUT2D eigenvalue weighted by molar-refractivity contribution is 7.89. The highest BCUT2D eigenvalue weighted by Crippen LogP contribution is 2.43. The van der Waals surface area contributed by atoms with E-state index >= 15 is 0 Å². The molecule has 3 aliphatic heterocycles. The van der Waals surface area contributed by atoms with Gasteiger partial charge in [-0.1, -0.05) is 38.1 Å². The first kappa shape index (κ1) is 24.0. The number of nitrogens with one attached hydrogen (secondary N) is 1. The summed E-state index contributed by atoms with van der Waals surface area (Å²) in [5, 5.41) is 0.913. The highest BCUT2D eigenvalue weighted by Gasteiger charge is 2.44. The number of benzene rings is 2. The molecule has 3 saturated heterocycles. The molecule has 1 N–H and O–H groups in total. The first-order chi connectivity index (χ1) is 16.9. The van der Waals surface area contributed by atoms with Crippen LogP contribution in [0.3, 0.4) is 0 Å². The lowest BCUT2D eigenvalue weighted by molar-refractivity contribution is -0.0128. The van der Waals surface area contributed by atoms with Crippen LogP contribution >= 0.6 is 0 Å². The van der Waals surface area contributed by atoms with E-state index in [2.05, 4.69) is 28.1 Å². The van der Waals surface area contributed by atoms with E-state index < -0.39 is 16.1 Å². The molecular weight excluding hydrogens is 458 g/mol. The molecule has 7 heteroatoms. The van der Waals surface area contributed by atoms with Crippen LogP contribution in [0, 0.1) is 11.8 Å². The number of ether oxygens (including phenoxy) is 1. The summed E-state index contributed by atoms with van der Waals surface area (Å²) < 4.78 is 35.9. The maximum Gasteiger partial charge on any atom is 0.241 e. The summed E-state index contributed by atoms with van der Waals surface area (Å²) in [5.41, 5.74) is 2.64. The molecule has 6 nitrogen and oxygen atoms in total. The van der Waals surface area contributed by atoms with E-state index in [-0.39, 0.29) is 10.9 Å². The Hall–Kier alpha value is -2.74. The van der Waals surface area contributed by atoms with Crippen LogP contribution in [0.2, 0.25) is 0 Å². The minimum absolute atomic E-state index is 0.0792. The second-order valence-corrected chi connectivity index (χ2v) is 11.4. The first-order valence-electron chi connectivity index (χ1n) is 12.3. The summed E-state index contributed by atoms with van der Waals surface area (Å²) >= 11 is 0. The number of hydrogen-bond donors (Lipinski definition) is 1. The normalized spacial score (nSPS) is 24.9. The fourth-order valence-electron chi connectivity index (χ4n) is 5.90. The van der Waals surface area contributed by atoms with Crippen molar-refractivity contribution in [3.8, 4) is 5.75 Å². The zero-order valence-electron chi connectivity index (χ0n) is 20.4. The fraction of sp³-hybridized carbons (Fsp3) is 0.393. The van der Waals surface area contributed by atoms with E-state index in [1.165, 1.54) is 6.42 Å². The fourth-order valence-corrected chi connectivity index (χ4v) is 7.15. The van der Waals surface area contributed by atoms with Crippen molar-refractivity contribution in [1.82, 2.24) is 14.6 Å². The van der Waals surface area contributed by atoms with Gasteiger partial charge in [0.25, 0.3) is 0 Å². The number of fused-ring (bicyclic) bond motifs is 4. The Kier molecular flexibility index (Phi) is 6.66. The standard InChI is InChI=1S/C28H33N3O3S/c1-4-19-6-9-23(10-7-19)35(32,33)30-28(27-16-21-13-15-31(27)18-20(21)5-2)24-12-14-29-26-11-8-22(34-3)17-25(24)26/h4,6-12,14,17,20-21,27-28,30H,1,5,13,15-16,18H2,2-3H3/t20?,21?,27?,28-/m0/s1. The number of piperidine rings is 3. The first-order valence-corrected chi connectivity index (χ1v) is 13.8. The van der Waals surface area contributed by atoms with Gasteiger partial charge in [-0.05, 0) is 78.7 Å². The van der Waals surface area contributed by atoms with Gasteiger partial charge in [0.2, 0.25) is 10.0 Å². The topological polar surface area (TPSA) is 71.5 Å². The summed E-state index contributed by atoms with van der Waals surface area (Å²) in [7, 11) is -2.12. The van der Waals surface area contributed by atoms with Gasteiger partial charge in [-0.3, -0.25) is 9.88 Å². The third kappa shape index (κ3) is 4.60. The molecule has 6 rings (SSSR count). The summed E-state index contributed by atoms with van der Waals surface area (Å²) in [6, 6.07) is 14.2. The molecule has 2 aromatic carbocycles. The van der Waals surface area contributed by atoms with Crippen molar-refractivity contribution < 1.29 is 13.2 Å². The summed E-state index contributed by atoms with van der Waals surface area (Å²) in [4.78, 5) is 7.29. The molecule has 1 aromatic heterocycles. The average molecular weight is 492 g/mol. The van der Waals surface area contributed by atoms with Gasteiger partial charge in [0.05, 0.1) is 23.6 Å². The van der Waals surface area contributed by atoms with E-state index in [0.29, 0.717) is 11.8 Å². The SMILES string of the molecule is C=Cc1ccc(S(=O)(=O)N[C@@H](c2ccnc3ccc(OC)cc23)C2CC3CC[N@]2CC3CC)cc1. The number of aromatic nitrogens is 1. The zero-order chi connectivity index (χ0) is 24.6. The average Bonchev–Trinajstić information content (AvgIpc) is 2.91. The van der Waals surface area contributed by atoms with E-state index in [9.17, 15) is 8.42 Å². The third-order valence-corrected chi connectivity index (χ3v) is 9.33. The maximum absolute atomic E-state index is 13.6. The molecule has 3 unspecified atom stereocenters. The second-order valence-electron chi connectivity index (χ2n) is 9.67. The van der Waals surface area contributed by atoms with Crippen LogP contribution in [-0.2, 0) is 10.0 Å². The van der Waals surface area contributed by atoms with Crippen molar-refractivity contribution in [2.45, 2.75) is 43.2 Å². The molecule has 3 fully saturated rings. The van der Waals surface area contributed by atoms with Gasteiger partial charge in [-0.15, -0.1) is 0 Å². The van der Waals surface area contributed by atoms with E-state index in [1.807, 2.05) is 24.3 Å². The quantitative estimate of drug-likeness (QED) is 0.479. The number of rotatable bonds is 8. The lowest BCUT2D eigenvalue weighted by Crippen LogP contribution is -2.57. The maximum atomic E-state index is 13.6. The molecule has 0 spiro atoms. The van der Waals surface area contributed by atoms with Crippen LogP contribution in [0.15, 0.2) is 66.2 Å². The number of sulfonamides is 1. The summed E-state index contributed by atoms with van der Waals surface area (Å²) in [6.07, 6.45) is 6.81. The smallest absolute Gasteiger partial charge is 0.241 e. The Bertz CT molecular complexity index is 1320. The zero-order valence-corrected chi connectivity index (χ0v) is 21.2. The van der Waals surface area contributed by atoms with Crippen molar-refractivity contribution in [2.75, 3.05) is 20.2 Å². The van der Waals surface area contributed by atoms with Crippen molar-refractivity contribution in [3.63, 3.8) is 0 Å². The van der Waals surface area contributed by atoms with Crippen LogP contribution in [0.4, 0.5) is 0 Å². The number of pyridine rings is 1. The van der Waals surface area contributed by atoms with Gasteiger partial charge >= 0.3 is 0 Å². The number of hydrogen-bond acceptors (Lipinski definition) is 5. The molecule has 0 saturated carbocycles. The predicted molar refractivity (Wildman–Crippen MR) is 140 cm³/mol. The van der Waals surface area contributed by atoms with Crippen molar-refractivity contribution in [1.29, 1.82) is 0 Å². The molecule has 3 aromatic rings.